The van der Waals surface area contributed by atoms with Crippen molar-refractivity contribution in [1.29, 1.82) is 0 Å². The van der Waals surface area contributed by atoms with Crippen molar-refractivity contribution >= 4 is 40.3 Å². The molecule has 0 aliphatic heterocycles. The summed E-state index contributed by atoms with van der Waals surface area (Å²) in [6.07, 6.45) is 2.93. The minimum Gasteiger partial charge on any atom is -0.345 e. The van der Waals surface area contributed by atoms with Crippen LogP contribution in [0.4, 0.5) is 5.69 Å². The molecule has 10 heteroatoms. The fourth-order valence-corrected chi connectivity index (χ4v) is 2.91. The molecule has 164 valence electrons. The van der Waals surface area contributed by atoms with E-state index in [4.69, 9.17) is 0 Å². The van der Waals surface area contributed by atoms with Gasteiger partial charge < -0.3 is 16.0 Å². The highest BCUT2D eigenvalue weighted by Gasteiger charge is 2.16. The minimum atomic E-state index is -0.880. The Morgan fingerprint density at radius 2 is 1.69 bits per heavy atom. The monoisotopic (exact) mass is 435 g/mol. The second-order valence-corrected chi connectivity index (χ2v) is 6.88. The highest BCUT2D eigenvalue weighted by molar-refractivity contribution is 6.03. The highest BCUT2D eigenvalue weighted by Crippen LogP contribution is 2.16. The quantitative estimate of drug-likeness (QED) is 0.342. The number of anilines is 1. The molecule has 10 nitrogen and oxygen atoms in total. The van der Waals surface area contributed by atoms with Crippen molar-refractivity contribution in [3.05, 3.63) is 80.9 Å². The number of nitrogens with one attached hydrogen (secondary N) is 5. The van der Waals surface area contributed by atoms with Crippen LogP contribution in [0.25, 0.3) is 16.8 Å². The lowest BCUT2D eigenvalue weighted by Gasteiger charge is -2.13. The Bertz CT molecular complexity index is 1290. The minimum absolute atomic E-state index is 0.0294. The molecular formula is C22H21N5O5. The lowest BCUT2D eigenvalue weighted by atomic mass is 10.1. The molecule has 1 atom stereocenters. The second kappa shape index (κ2) is 10.0. The molecule has 2 aromatic carbocycles. The summed E-state index contributed by atoms with van der Waals surface area (Å²) in [7, 11) is 0. The molecule has 1 unspecified atom stereocenters. The Balaban J connectivity index is 1.54. The number of carbonyl (C=O) groups is 3. The van der Waals surface area contributed by atoms with Gasteiger partial charge in [0, 0.05) is 6.08 Å². The van der Waals surface area contributed by atoms with Crippen molar-refractivity contribution in [2.45, 2.75) is 13.0 Å². The maximum Gasteiger partial charge on any atom is 0.272 e. The van der Waals surface area contributed by atoms with Crippen molar-refractivity contribution in [3.8, 4) is 0 Å². The van der Waals surface area contributed by atoms with Gasteiger partial charge in [-0.3, -0.25) is 34.2 Å². The third-order valence-electron chi connectivity index (χ3n) is 4.50. The van der Waals surface area contributed by atoms with E-state index in [1.807, 2.05) is 30.3 Å². The van der Waals surface area contributed by atoms with Crippen LogP contribution in [0.1, 0.15) is 12.5 Å². The molecule has 0 spiro atoms. The van der Waals surface area contributed by atoms with Crippen LogP contribution >= 0.6 is 0 Å². The first kappa shape index (κ1) is 22.2. The molecule has 0 fully saturated rings. The fraction of sp³-hybridized carbons (Fsp3) is 0.136. The van der Waals surface area contributed by atoms with Crippen LogP contribution in [-0.4, -0.2) is 40.5 Å². The zero-order chi connectivity index (χ0) is 23.1. The molecule has 3 amide bonds. The number of benzene rings is 2. The Hall–Kier alpha value is -4.47. The summed E-state index contributed by atoms with van der Waals surface area (Å²) >= 11 is 0. The molecule has 32 heavy (non-hydrogen) atoms. The third-order valence-corrected chi connectivity index (χ3v) is 4.50. The average molecular weight is 435 g/mol. The molecule has 1 aromatic heterocycles. The number of hydrogen-bond acceptors (Lipinski definition) is 5. The van der Waals surface area contributed by atoms with Crippen LogP contribution in [-0.2, 0) is 14.4 Å². The summed E-state index contributed by atoms with van der Waals surface area (Å²) in [4.78, 5) is 60.3. The zero-order valence-corrected chi connectivity index (χ0v) is 17.1. The molecule has 3 aromatic rings. The first-order chi connectivity index (χ1) is 15.3. The van der Waals surface area contributed by atoms with E-state index in [1.54, 1.807) is 6.08 Å². The molecule has 0 saturated heterocycles. The third kappa shape index (κ3) is 5.57. The highest BCUT2D eigenvalue weighted by atomic mass is 16.2. The number of aromatic amines is 2. The predicted octanol–water partition coefficient (Wildman–Crippen LogP) is 0.489. The second-order valence-electron chi connectivity index (χ2n) is 6.88. The number of fused-ring (bicyclic) bond motifs is 1. The van der Waals surface area contributed by atoms with Crippen molar-refractivity contribution in [3.63, 3.8) is 0 Å². The van der Waals surface area contributed by atoms with Gasteiger partial charge in [0.05, 0.1) is 23.0 Å². The Morgan fingerprint density at radius 3 is 2.44 bits per heavy atom. The maximum absolute atomic E-state index is 12.2. The normalized spacial score (nSPS) is 11.8. The van der Waals surface area contributed by atoms with E-state index in [0.29, 0.717) is 0 Å². The van der Waals surface area contributed by atoms with E-state index >= 15 is 0 Å². The molecule has 5 N–H and O–H groups in total. The van der Waals surface area contributed by atoms with Crippen molar-refractivity contribution < 1.29 is 14.4 Å². The summed E-state index contributed by atoms with van der Waals surface area (Å²) in [5.74, 6) is -1.62. The van der Waals surface area contributed by atoms with Crippen LogP contribution < -0.4 is 27.1 Å². The standard InChI is InChI=1S/C22H21N5O5/c1-13(24-17(28)11-10-14-6-3-2-4-7-14)20(30)23-12-18(29)25-16-9-5-8-15-19(16)22(32)27-26-21(15)31/h2-11,13H,12H2,1H3,(H,23,30)(H,24,28)(H,25,29)(H,26,31)(H,27,32)/b11-10+. The Kier molecular flexibility index (Phi) is 6.96. The van der Waals surface area contributed by atoms with Crippen molar-refractivity contribution in [1.82, 2.24) is 20.8 Å². The van der Waals surface area contributed by atoms with Crippen LogP contribution in [0, 0.1) is 0 Å². The van der Waals surface area contributed by atoms with E-state index in [1.165, 1.54) is 31.2 Å². The first-order valence-corrected chi connectivity index (χ1v) is 9.70. The first-order valence-electron chi connectivity index (χ1n) is 9.70. The van der Waals surface area contributed by atoms with Crippen LogP contribution in [0.2, 0.25) is 0 Å². The average Bonchev–Trinajstić information content (AvgIpc) is 2.79. The summed E-state index contributed by atoms with van der Waals surface area (Å²) in [5.41, 5.74) is -0.0958. The van der Waals surface area contributed by atoms with Crippen LogP contribution in [0.15, 0.2) is 64.2 Å². The fourth-order valence-electron chi connectivity index (χ4n) is 2.91. The van der Waals surface area contributed by atoms with Crippen molar-refractivity contribution in [2.75, 3.05) is 11.9 Å². The Labute approximate surface area is 181 Å². The smallest absolute Gasteiger partial charge is 0.272 e. The lowest BCUT2D eigenvalue weighted by molar-refractivity contribution is -0.127. The van der Waals surface area contributed by atoms with Gasteiger partial charge in [-0.15, -0.1) is 0 Å². The maximum atomic E-state index is 12.2. The van der Waals surface area contributed by atoms with Gasteiger partial charge in [0.25, 0.3) is 11.1 Å². The van der Waals surface area contributed by atoms with Crippen LogP contribution in [0.3, 0.4) is 0 Å². The van der Waals surface area contributed by atoms with Gasteiger partial charge in [-0.25, -0.2) is 0 Å². The van der Waals surface area contributed by atoms with E-state index in [-0.39, 0.29) is 16.5 Å². The number of aromatic nitrogens is 2. The zero-order valence-electron chi connectivity index (χ0n) is 17.1. The van der Waals surface area contributed by atoms with Crippen molar-refractivity contribution in [2.24, 2.45) is 0 Å². The van der Waals surface area contributed by atoms with Gasteiger partial charge >= 0.3 is 0 Å². The number of amides is 3. The van der Waals surface area contributed by atoms with Gasteiger partial charge in [0.15, 0.2) is 0 Å². The molecule has 0 saturated carbocycles. The molecular weight excluding hydrogens is 414 g/mol. The van der Waals surface area contributed by atoms with E-state index in [0.717, 1.165) is 5.56 Å². The largest absolute Gasteiger partial charge is 0.345 e. The topological polar surface area (TPSA) is 153 Å². The number of carbonyl (C=O) groups excluding carboxylic acids is 3. The number of H-pyrrole nitrogens is 2. The van der Waals surface area contributed by atoms with Crippen LogP contribution in [0.5, 0.6) is 0 Å². The summed E-state index contributed by atoms with van der Waals surface area (Å²) in [6, 6.07) is 12.8. The van der Waals surface area contributed by atoms with Gasteiger partial charge in [-0.05, 0) is 30.7 Å². The molecule has 0 aliphatic carbocycles. The summed E-state index contributed by atoms with van der Waals surface area (Å²) < 4.78 is 0. The van der Waals surface area contributed by atoms with Gasteiger partial charge in [0.2, 0.25) is 17.7 Å². The Morgan fingerprint density at radius 1 is 0.969 bits per heavy atom. The molecule has 0 radical (unpaired) electrons. The van der Waals surface area contributed by atoms with E-state index in [9.17, 15) is 24.0 Å². The lowest BCUT2D eigenvalue weighted by Crippen LogP contribution is -2.46. The number of rotatable bonds is 7. The molecule has 0 aliphatic rings. The van der Waals surface area contributed by atoms with E-state index < -0.39 is 41.4 Å². The molecule has 3 rings (SSSR count). The van der Waals surface area contributed by atoms with Gasteiger partial charge in [-0.2, -0.15) is 0 Å². The predicted molar refractivity (Wildman–Crippen MR) is 120 cm³/mol. The summed E-state index contributed by atoms with van der Waals surface area (Å²) in [6.45, 7) is 1.09. The van der Waals surface area contributed by atoms with Gasteiger partial charge in [0.1, 0.15) is 6.04 Å². The SMILES string of the molecule is CC(NC(=O)/C=C/c1ccccc1)C(=O)NCC(=O)Nc1cccc2c(=O)[nH][nH]c(=O)c12. The molecule has 1 heterocycles. The van der Waals surface area contributed by atoms with Gasteiger partial charge in [-0.1, -0.05) is 36.4 Å². The summed E-state index contributed by atoms with van der Waals surface area (Å²) in [5, 5.41) is 12.0. The van der Waals surface area contributed by atoms with E-state index in [2.05, 4.69) is 26.1 Å². The molecule has 0 bridgehead atoms. The number of hydrogen-bond donors (Lipinski definition) is 5.